The van der Waals surface area contributed by atoms with Crippen LogP contribution in [-0.4, -0.2) is 32.8 Å². The number of aldehydes is 1. The summed E-state index contributed by atoms with van der Waals surface area (Å²) in [6, 6.07) is 0. The molecule has 0 amide bonds. The number of ether oxygens (including phenoxy) is 1. The molecule has 0 unspecified atom stereocenters. The Morgan fingerprint density at radius 3 is 2.29 bits per heavy atom. The SMILES string of the molecule is C[C@@H]1[C@H](O[Si](C)(C)C(C)(C)C)[C@@H](C)C(=O)O[C@H]1/C=C/C=O. The van der Waals surface area contributed by atoms with Crippen molar-refractivity contribution in [2.45, 2.75) is 65.0 Å². The van der Waals surface area contributed by atoms with Crippen LogP contribution in [0.25, 0.3) is 0 Å². The van der Waals surface area contributed by atoms with Crippen molar-refractivity contribution >= 4 is 20.6 Å². The second-order valence-corrected chi connectivity index (χ2v) is 12.2. The fraction of sp³-hybridized carbons (Fsp3) is 0.750. The summed E-state index contributed by atoms with van der Waals surface area (Å²) in [5.74, 6) is -0.504. The number of hydrogen-bond acceptors (Lipinski definition) is 4. The summed E-state index contributed by atoms with van der Waals surface area (Å²) in [6.07, 6.45) is 3.15. The highest BCUT2D eigenvalue weighted by atomic mass is 28.4. The predicted octanol–water partition coefficient (Wildman–Crippen LogP) is 3.33. The van der Waals surface area contributed by atoms with Gasteiger partial charge in [-0.2, -0.15) is 0 Å². The number of hydrogen-bond donors (Lipinski definition) is 0. The number of allylic oxidation sites excluding steroid dienone is 1. The minimum Gasteiger partial charge on any atom is -0.457 e. The van der Waals surface area contributed by atoms with Crippen LogP contribution in [0.2, 0.25) is 18.1 Å². The third-order valence-electron chi connectivity index (χ3n) is 4.77. The van der Waals surface area contributed by atoms with Gasteiger partial charge in [-0.1, -0.05) is 27.7 Å². The number of carbonyl (C=O) groups is 2. The Morgan fingerprint density at radius 1 is 1.24 bits per heavy atom. The minimum atomic E-state index is -1.97. The summed E-state index contributed by atoms with van der Waals surface area (Å²) in [4.78, 5) is 22.5. The first-order valence-corrected chi connectivity index (χ1v) is 10.4. The molecule has 1 heterocycles. The minimum absolute atomic E-state index is 0.0306. The van der Waals surface area contributed by atoms with Gasteiger partial charge in [0.15, 0.2) is 8.32 Å². The van der Waals surface area contributed by atoms with Gasteiger partial charge in [-0.3, -0.25) is 9.59 Å². The monoisotopic (exact) mass is 312 g/mol. The van der Waals surface area contributed by atoms with E-state index >= 15 is 0 Å². The lowest BCUT2D eigenvalue weighted by Crippen LogP contribution is -2.53. The van der Waals surface area contributed by atoms with Crippen molar-refractivity contribution in [3.8, 4) is 0 Å². The summed E-state index contributed by atoms with van der Waals surface area (Å²) in [5, 5.41) is 0.0852. The molecule has 0 spiro atoms. The van der Waals surface area contributed by atoms with Gasteiger partial charge in [0.25, 0.3) is 0 Å². The zero-order valence-electron chi connectivity index (χ0n) is 14.2. The standard InChI is InChI=1S/C16H28O4Si/c1-11-13(9-8-10-17)19-15(18)12(2)14(11)20-21(6,7)16(3,4)5/h8-14H,1-7H3/b9-8+/t11-,12+,13-,14-/m0/s1. The molecule has 0 aliphatic carbocycles. The number of cyclic esters (lactones) is 1. The summed E-state index contributed by atoms with van der Waals surface area (Å²) in [7, 11) is -1.97. The van der Waals surface area contributed by atoms with Crippen LogP contribution in [0.1, 0.15) is 34.6 Å². The van der Waals surface area contributed by atoms with Gasteiger partial charge in [0.1, 0.15) is 12.4 Å². The zero-order valence-corrected chi connectivity index (χ0v) is 15.2. The van der Waals surface area contributed by atoms with Crippen molar-refractivity contribution in [3.63, 3.8) is 0 Å². The maximum atomic E-state index is 12.1. The molecule has 0 aromatic carbocycles. The largest absolute Gasteiger partial charge is 0.457 e. The van der Waals surface area contributed by atoms with Crippen molar-refractivity contribution in [2.75, 3.05) is 0 Å². The summed E-state index contributed by atoms with van der Waals surface area (Å²) < 4.78 is 11.9. The molecule has 4 nitrogen and oxygen atoms in total. The lowest BCUT2D eigenvalue weighted by molar-refractivity contribution is -0.171. The van der Waals surface area contributed by atoms with E-state index in [0.717, 1.165) is 0 Å². The van der Waals surface area contributed by atoms with Gasteiger partial charge in [-0.05, 0) is 37.2 Å². The molecule has 0 aromatic rings. The van der Waals surface area contributed by atoms with Gasteiger partial charge in [-0.15, -0.1) is 0 Å². The van der Waals surface area contributed by atoms with E-state index in [4.69, 9.17) is 9.16 Å². The Bertz CT molecular complexity index is 422. The van der Waals surface area contributed by atoms with Gasteiger partial charge in [0, 0.05) is 5.92 Å². The van der Waals surface area contributed by atoms with Gasteiger partial charge in [-0.25, -0.2) is 0 Å². The van der Waals surface area contributed by atoms with E-state index in [0.29, 0.717) is 6.29 Å². The molecule has 5 heteroatoms. The molecular formula is C16H28O4Si. The molecule has 4 atom stereocenters. The second kappa shape index (κ2) is 6.44. The molecule has 0 radical (unpaired) electrons. The first-order chi connectivity index (χ1) is 9.51. The number of esters is 1. The lowest BCUT2D eigenvalue weighted by atomic mass is 9.86. The van der Waals surface area contributed by atoms with Crippen LogP contribution in [0.5, 0.6) is 0 Å². The fourth-order valence-corrected chi connectivity index (χ4v) is 3.67. The maximum absolute atomic E-state index is 12.1. The van der Waals surface area contributed by atoms with Crippen LogP contribution >= 0.6 is 0 Å². The number of rotatable bonds is 4. The molecule has 0 N–H and O–H groups in total. The molecule has 1 saturated heterocycles. The summed E-state index contributed by atoms with van der Waals surface area (Å²) >= 11 is 0. The number of carbonyl (C=O) groups excluding carboxylic acids is 2. The Morgan fingerprint density at radius 2 is 1.81 bits per heavy atom. The zero-order chi connectivity index (χ0) is 16.4. The molecule has 21 heavy (non-hydrogen) atoms. The average Bonchev–Trinajstić information content (AvgIpc) is 2.36. The van der Waals surface area contributed by atoms with Gasteiger partial charge >= 0.3 is 5.97 Å². The third kappa shape index (κ3) is 4.04. The highest BCUT2D eigenvalue weighted by molar-refractivity contribution is 6.74. The van der Waals surface area contributed by atoms with Gasteiger partial charge < -0.3 is 9.16 Å². The predicted molar refractivity (Wildman–Crippen MR) is 85.5 cm³/mol. The molecule has 0 aromatic heterocycles. The molecule has 120 valence electrons. The topological polar surface area (TPSA) is 52.6 Å². The summed E-state index contributed by atoms with van der Waals surface area (Å²) in [6.45, 7) is 14.8. The molecule has 0 bridgehead atoms. The van der Waals surface area contributed by atoms with Gasteiger partial charge in [0.2, 0.25) is 0 Å². The summed E-state index contributed by atoms with van der Waals surface area (Å²) in [5.41, 5.74) is 0. The first kappa shape index (κ1) is 18.1. The van der Waals surface area contributed by atoms with Crippen LogP contribution in [0, 0.1) is 11.8 Å². The molecule has 0 saturated carbocycles. The van der Waals surface area contributed by atoms with Crippen molar-refractivity contribution in [1.82, 2.24) is 0 Å². The van der Waals surface area contributed by atoms with Crippen molar-refractivity contribution < 1.29 is 18.8 Å². The Labute approximate surface area is 129 Å². The van der Waals surface area contributed by atoms with E-state index in [9.17, 15) is 9.59 Å². The smallest absolute Gasteiger partial charge is 0.311 e. The van der Waals surface area contributed by atoms with E-state index in [-0.39, 0.29) is 28.9 Å². The highest BCUT2D eigenvalue weighted by Gasteiger charge is 2.47. The molecule has 1 fully saturated rings. The van der Waals surface area contributed by atoms with Gasteiger partial charge in [0.05, 0.1) is 12.0 Å². The third-order valence-corrected chi connectivity index (χ3v) is 9.24. The van der Waals surface area contributed by atoms with E-state index in [2.05, 4.69) is 33.9 Å². The Kier molecular flexibility index (Phi) is 5.55. The lowest BCUT2D eigenvalue weighted by Gasteiger charge is -2.45. The van der Waals surface area contributed by atoms with Crippen LogP contribution in [0.4, 0.5) is 0 Å². The van der Waals surface area contributed by atoms with Crippen LogP contribution in [0.15, 0.2) is 12.2 Å². The van der Waals surface area contributed by atoms with Crippen LogP contribution < -0.4 is 0 Å². The van der Waals surface area contributed by atoms with E-state index in [1.807, 2.05) is 13.8 Å². The van der Waals surface area contributed by atoms with Crippen molar-refractivity contribution in [2.24, 2.45) is 11.8 Å². The Balaban J connectivity index is 2.99. The van der Waals surface area contributed by atoms with E-state index in [1.165, 1.54) is 6.08 Å². The molecular weight excluding hydrogens is 284 g/mol. The molecule has 1 rings (SSSR count). The molecule has 1 aliphatic rings. The van der Waals surface area contributed by atoms with E-state index in [1.54, 1.807) is 6.08 Å². The highest BCUT2D eigenvalue weighted by Crippen LogP contribution is 2.41. The molecule has 1 aliphatic heterocycles. The van der Waals surface area contributed by atoms with Crippen molar-refractivity contribution in [1.29, 1.82) is 0 Å². The quantitative estimate of drug-likeness (QED) is 0.346. The van der Waals surface area contributed by atoms with Crippen LogP contribution in [0.3, 0.4) is 0 Å². The Hall–Kier alpha value is -0.943. The van der Waals surface area contributed by atoms with Crippen LogP contribution in [-0.2, 0) is 18.8 Å². The second-order valence-electron chi connectivity index (χ2n) is 7.41. The fourth-order valence-electron chi connectivity index (χ4n) is 2.22. The average molecular weight is 312 g/mol. The maximum Gasteiger partial charge on any atom is 0.311 e. The van der Waals surface area contributed by atoms with Crippen molar-refractivity contribution in [3.05, 3.63) is 12.2 Å². The first-order valence-electron chi connectivity index (χ1n) is 7.51. The van der Waals surface area contributed by atoms with E-state index < -0.39 is 14.4 Å². The normalized spacial score (nSPS) is 31.3.